The summed E-state index contributed by atoms with van der Waals surface area (Å²) in [5, 5.41) is 0. The van der Waals surface area contributed by atoms with Crippen LogP contribution in [0.3, 0.4) is 0 Å². The number of rotatable bonds is 6. The summed E-state index contributed by atoms with van der Waals surface area (Å²) < 4.78 is 30.9. The summed E-state index contributed by atoms with van der Waals surface area (Å²) in [6.07, 6.45) is 1.52. The minimum Gasteiger partial charge on any atom is -0.493 e. The average molecular weight is 273 g/mol. The highest BCUT2D eigenvalue weighted by atomic mass is 32.1. The van der Waals surface area contributed by atoms with E-state index in [1.807, 2.05) is 13.8 Å². The first-order chi connectivity index (χ1) is 8.33. The smallest absolute Gasteiger partial charge is 0.162 e. The highest BCUT2D eigenvalue weighted by Gasteiger charge is 2.20. The standard InChI is InChI=1S/C13H17F2NOS/c1-13(2,12(16)18)6-3-7-17-9-4-5-10(14)11(15)8-9/h4-5,8H,3,6-7H2,1-2H3,(H2,16,18). The SMILES string of the molecule is CC(C)(CCCOc1ccc(F)c(F)c1)C(N)=S. The second-order valence-electron chi connectivity index (χ2n) is 4.78. The number of hydrogen-bond donors (Lipinski definition) is 1. The maximum Gasteiger partial charge on any atom is 0.162 e. The van der Waals surface area contributed by atoms with Gasteiger partial charge in [0.05, 0.1) is 11.6 Å². The van der Waals surface area contributed by atoms with Gasteiger partial charge in [-0.25, -0.2) is 8.78 Å². The van der Waals surface area contributed by atoms with Gasteiger partial charge in [-0.15, -0.1) is 0 Å². The second kappa shape index (κ2) is 6.09. The van der Waals surface area contributed by atoms with Crippen molar-refractivity contribution < 1.29 is 13.5 Å². The lowest BCUT2D eigenvalue weighted by atomic mass is 9.88. The fourth-order valence-corrected chi connectivity index (χ4v) is 1.50. The first-order valence-electron chi connectivity index (χ1n) is 5.71. The molecule has 0 aliphatic rings. The molecule has 18 heavy (non-hydrogen) atoms. The second-order valence-corrected chi connectivity index (χ2v) is 5.22. The van der Waals surface area contributed by atoms with E-state index in [4.69, 9.17) is 22.7 Å². The third kappa shape index (κ3) is 4.22. The van der Waals surface area contributed by atoms with Crippen molar-refractivity contribution in [2.75, 3.05) is 6.61 Å². The molecule has 2 N–H and O–H groups in total. The zero-order chi connectivity index (χ0) is 13.8. The lowest BCUT2D eigenvalue weighted by Gasteiger charge is -2.22. The van der Waals surface area contributed by atoms with Gasteiger partial charge in [-0.3, -0.25) is 0 Å². The van der Waals surface area contributed by atoms with Crippen LogP contribution in [-0.2, 0) is 0 Å². The van der Waals surface area contributed by atoms with Crippen molar-refractivity contribution in [3.05, 3.63) is 29.8 Å². The Labute approximate surface area is 111 Å². The molecule has 0 bridgehead atoms. The molecule has 0 amide bonds. The van der Waals surface area contributed by atoms with Crippen molar-refractivity contribution in [3.8, 4) is 5.75 Å². The van der Waals surface area contributed by atoms with Crippen LogP contribution < -0.4 is 10.5 Å². The van der Waals surface area contributed by atoms with Gasteiger partial charge >= 0.3 is 0 Å². The van der Waals surface area contributed by atoms with Gasteiger partial charge in [0, 0.05) is 11.5 Å². The van der Waals surface area contributed by atoms with E-state index in [1.54, 1.807) is 0 Å². The molecule has 2 nitrogen and oxygen atoms in total. The molecule has 0 saturated carbocycles. The van der Waals surface area contributed by atoms with Gasteiger partial charge in [0.25, 0.3) is 0 Å². The Balaban J connectivity index is 2.38. The predicted molar refractivity (Wildman–Crippen MR) is 71.7 cm³/mol. The van der Waals surface area contributed by atoms with Crippen molar-refractivity contribution in [2.45, 2.75) is 26.7 Å². The molecule has 0 aliphatic heterocycles. The van der Waals surface area contributed by atoms with E-state index in [2.05, 4.69) is 0 Å². The Morgan fingerprint density at radius 2 is 2.00 bits per heavy atom. The highest BCUT2D eigenvalue weighted by molar-refractivity contribution is 7.80. The largest absolute Gasteiger partial charge is 0.493 e. The maximum atomic E-state index is 12.9. The number of thiocarbonyl (C=S) groups is 1. The van der Waals surface area contributed by atoms with E-state index < -0.39 is 11.6 Å². The normalized spacial score (nSPS) is 11.3. The summed E-state index contributed by atoms with van der Waals surface area (Å²) in [5.74, 6) is -1.46. The predicted octanol–water partition coefficient (Wildman–Crippen LogP) is 3.44. The molecule has 0 aliphatic carbocycles. The van der Waals surface area contributed by atoms with Crippen LogP contribution in [0.5, 0.6) is 5.75 Å². The molecule has 0 heterocycles. The number of nitrogens with two attached hydrogens (primary N) is 1. The van der Waals surface area contributed by atoms with E-state index in [0.29, 0.717) is 17.3 Å². The number of halogens is 2. The minimum atomic E-state index is -0.907. The number of benzene rings is 1. The van der Waals surface area contributed by atoms with Crippen LogP contribution in [0.25, 0.3) is 0 Å². The molecule has 0 atom stereocenters. The lowest BCUT2D eigenvalue weighted by Crippen LogP contribution is -2.30. The van der Waals surface area contributed by atoms with Gasteiger partial charge in [0.1, 0.15) is 5.75 Å². The van der Waals surface area contributed by atoms with Crippen LogP contribution in [0, 0.1) is 17.0 Å². The Morgan fingerprint density at radius 3 is 2.56 bits per heavy atom. The average Bonchev–Trinajstić information content (AvgIpc) is 2.29. The Bertz CT molecular complexity index is 435. The third-order valence-electron chi connectivity index (χ3n) is 2.77. The third-order valence-corrected chi connectivity index (χ3v) is 3.33. The molecular weight excluding hydrogens is 256 g/mol. The summed E-state index contributed by atoms with van der Waals surface area (Å²) in [5.41, 5.74) is 5.38. The molecule has 0 saturated heterocycles. The zero-order valence-electron chi connectivity index (χ0n) is 10.5. The first kappa shape index (κ1) is 14.8. The van der Waals surface area contributed by atoms with E-state index in [1.165, 1.54) is 6.07 Å². The Hall–Kier alpha value is -1.23. The molecule has 5 heteroatoms. The van der Waals surface area contributed by atoms with Crippen LogP contribution in [-0.4, -0.2) is 11.6 Å². The molecule has 1 rings (SSSR count). The zero-order valence-corrected chi connectivity index (χ0v) is 11.3. The lowest BCUT2D eigenvalue weighted by molar-refractivity contribution is 0.286. The van der Waals surface area contributed by atoms with Crippen LogP contribution in [0.2, 0.25) is 0 Å². The highest BCUT2D eigenvalue weighted by Crippen LogP contribution is 2.23. The van der Waals surface area contributed by atoms with E-state index >= 15 is 0 Å². The number of ether oxygens (including phenoxy) is 1. The van der Waals surface area contributed by atoms with Gasteiger partial charge in [-0.05, 0) is 25.0 Å². The summed E-state index contributed by atoms with van der Waals surface area (Å²) in [6.45, 7) is 4.34. The maximum absolute atomic E-state index is 12.9. The fraction of sp³-hybridized carbons (Fsp3) is 0.462. The van der Waals surface area contributed by atoms with Crippen molar-refractivity contribution in [2.24, 2.45) is 11.1 Å². The van der Waals surface area contributed by atoms with Crippen LogP contribution >= 0.6 is 12.2 Å². The summed E-state index contributed by atoms with van der Waals surface area (Å²) in [4.78, 5) is 0.468. The first-order valence-corrected chi connectivity index (χ1v) is 6.11. The van der Waals surface area contributed by atoms with Crippen LogP contribution in [0.15, 0.2) is 18.2 Å². The molecular formula is C13H17F2NOS. The molecule has 1 aromatic carbocycles. The van der Waals surface area contributed by atoms with E-state index in [0.717, 1.165) is 25.0 Å². The monoisotopic (exact) mass is 273 g/mol. The molecule has 0 unspecified atom stereocenters. The van der Waals surface area contributed by atoms with Crippen molar-refractivity contribution in [1.29, 1.82) is 0 Å². The van der Waals surface area contributed by atoms with Crippen molar-refractivity contribution >= 4 is 17.2 Å². The van der Waals surface area contributed by atoms with Crippen molar-refractivity contribution in [1.82, 2.24) is 0 Å². The van der Waals surface area contributed by atoms with Crippen LogP contribution in [0.4, 0.5) is 8.78 Å². The van der Waals surface area contributed by atoms with E-state index in [9.17, 15) is 8.78 Å². The van der Waals surface area contributed by atoms with Gasteiger partial charge in [0.2, 0.25) is 0 Å². The van der Waals surface area contributed by atoms with Crippen molar-refractivity contribution in [3.63, 3.8) is 0 Å². The van der Waals surface area contributed by atoms with Gasteiger partial charge in [-0.2, -0.15) is 0 Å². The molecule has 0 radical (unpaired) electrons. The molecule has 1 aromatic rings. The molecule has 0 spiro atoms. The quantitative estimate of drug-likeness (QED) is 0.637. The van der Waals surface area contributed by atoms with Gasteiger partial charge in [-0.1, -0.05) is 26.1 Å². The summed E-state index contributed by atoms with van der Waals surface area (Å²) in [6, 6.07) is 3.48. The van der Waals surface area contributed by atoms with E-state index in [-0.39, 0.29) is 5.41 Å². The molecule has 100 valence electrons. The topological polar surface area (TPSA) is 35.2 Å². The van der Waals surface area contributed by atoms with Gasteiger partial charge < -0.3 is 10.5 Å². The Morgan fingerprint density at radius 1 is 1.33 bits per heavy atom. The Kier molecular flexibility index (Phi) is 5.02. The minimum absolute atomic E-state index is 0.216. The summed E-state index contributed by atoms with van der Waals surface area (Å²) >= 11 is 4.95. The number of hydrogen-bond acceptors (Lipinski definition) is 2. The molecule has 0 aromatic heterocycles. The molecule has 0 fully saturated rings. The van der Waals surface area contributed by atoms with Gasteiger partial charge in [0.15, 0.2) is 11.6 Å². The van der Waals surface area contributed by atoms with Crippen LogP contribution in [0.1, 0.15) is 26.7 Å². The fourth-order valence-electron chi connectivity index (χ4n) is 1.39. The summed E-state index contributed by atoms with van der Waals surface area (Å²) in [7, 11) is 0.